The Labute approximate surface area is 184 Å². The predicted molar refractivity (Wildman–Crippen MR) is 123 cm³/mol. The van der Waals surface area contributed by atoms with Gasteiger partial charge >= 0.3 is 0 Å². The molecule has 8 heteroatoms. The van der Waals surface area contributed by atoms with Gasteiger partial charge in [-0.1, -0.05) is 0 Å². The average molecular weight is 423 g/mol. The molecule has 0 unspecified atom stereocenters. The van der Waals surface area contributed by atoms with Crippen LogP contribution in [0.2, 0.25) is 0 Å². The fourth-order valence-electron chi connectivity index (χ4n) is 5.61. The van der Waals surface area contributed by atoms with Crippen LogP contribution in [0.5, 0.6) is 0 Å². The van der Waals surface area contributed by atoms with E-state index in [2.05, 4.69) is 47.1 Å². The van der Waals surface area contributed by atoms with E-state index in [1.807, 2.05) is 16.4 Å². The lowest BCUT2D eigenvalue weighted by Crippen LogP contribution is -2.35. The van der Waals surface area contributed by atoms with E-state index in [0.717, 1.165) is 54.4 Å². The molecule has 2 N–H and O–H groups in total. The van der Waals surface area contributed by atoms with Crippen molar-refractivity contribution in [2.45, 2.75) is 50.7 Å². The van der Waals surface area contributed by atoms with Crippen LogP contribution in [0.15, 0.2) is 12.3 Å². The van der Waals surface area contributed by atoms with Crippen LogP contribution in [0.4, 0.5) is 11.6 Å². The molecule has 1 atom stereocenters. The van der Waals surface area contributed by atoms with Crippen molar-refractivity contribution in [1.29, 1.82) is 0 Å². The molecule has 31 heavy (non-hydrogen) atoms. The van der Waals surface area contributed by atoms with E-state index in [-0.39, 0.29) is 0 Å². The van der Waals surface area contributed by atoms with Gasteiger partial charge in [0.25, 0.3) is 0 Å². The van der Waals surface area contributed by atoms with Crippen molar-refractivity contribution in [3.63, 3.8) is 0 Å². The number of anilines is 2. The molecule has 0 radical (unpaired) electrons. The third-order valence-corrected chi connectivity index (χ3v) is 7.69. The smallest absolute Gasteiger partial charge is 0.177 e. The zero-order chi connectivity index (χ0) is 21.3. The van der Waals surface area contributed by atoms with Gasteiger partial charge < -0.3 is 20.4 Å². The Morgan fingerprint density at radius 2 is 1.84 bits per heavy atom. The summed E-state index contributed by atoms with van der Waals surface area (Å²) in [6, 6.07) is 3.43. The Bertz CT molecular complexity index is 997. The SMILES string of the molecule is CN(C)[C@H]1CCN(c2cc(-n3nc(N)c4c3C=CN(C(C3CC3)C3CC3)C4)nn2C)C1. The van der Waals surface area contributed by atoms with Crippen LogP contribution in [0.25, 0.3) is 11.9 Å². The fourth-order valence-corrected chi connectivity index (χ4v) is 5.61. The van der Waals surface area contributed by atoms with Crippen molar-refractivity contribution in [3.05, 3.63) is 23.5 Å². The summed E-state index contributed by atoms with van der Waals surface area (Å²) >= 11 is 0. The van der Waals surface area contributed by atoms with Crippen LogP contribution in [0.1, 0.15) is 43.4 Å². The predicted octanol–water partition coefficient (Wildman–Crippen LogP) is 2.30. The first-order valence-corrected chi connectivity index (χ1v) is 11.8. The van der Waals surface area contributed by atoms with E-state index in [0.29, 0.717) is 17.9 Å². The van der Waals surface area contributed by atoms with Crippen LogP contribution in [0.3, 0.4) is 0 Å². The number of aryl methyl sites for hydroxylation is 1. The van der Waals surface area contributed by atoms with Gasteiger partial charge in [0.05, 0.1) is 5.69 Å². The van der Waals surface area contributed by atoms with Gasteiger partial charge in [0.2, 0.25) is 0 Å². The summed E-state index contributed by atoms with van der Waals surface area (Å²) in [6.07, 6.45) is 11.2. The van der Waals surface area contributed by atoms with E-state index < -0.39 is 0 Å². The van der Waals surface area contributed by atoms with Crippen molar-refractivity contribution < 1.29 is 0 Å². The maximum atomic E-state index is 6.42. The van der Waals surface area contributed by atoms with Gasteiger partial charge in [-0.25, -0.2) is 4.68 Å². The maximum absolute atomic E-state index is 6.42. The summed E-state index contributed by atoms with van der Waals surface area (Å²) in [4.78, 5) is 7.28. The zero-order valence-electron chi connectivity index (χ0n) is 18.9. The second-order valence-corrected chi connectivity index (χ2v) is 10.2. The number of likely N-dealkylation sites (N-methyl/N-ethyl adjacent to an activating group) is 1. The molecule has 0 amide bonds. The number of aromatic nitrogens is 4. The maximum Gasteiger partial charge on any atom is 0.177 e. The molecule has 3 fully saturated rings. The third-order valence-electron chi connectivity index (χ3n) is 7.69. The van der Waals surface area contributed by atoms with Crippen LogP contribution >= 0.6 is 0 Å². The van der Waals surface area contributed by atoms with Crippen LogP contribution < -0.4 is 10.6 Å². The van der Waals surface area contributed by atoms with Crippen LogP contribution in [-0.2, 0) is 13.6 Å². The normalized spacial score (nSPS) is 23.5. The summed E-state index contributed by atoms with van der Waals surface area (Å²) in [6.45, 7) is 2.95. The Balaban J connectivity index is 1.27. The number of nitrogen functional groups attached to an aromatic ring is 1. The largest absolute Gasteiger partial charge is 0.382 e. The summed E-state index contributed by atoms with van der Waals surface area (Å²) in [7, 11) is 6.34. The molecule has 2 saturated carbocycles. The molecule has 2 aromatic rings. The van der Waals surface area contributed by atoms with Gasteiger partial charge in [0.15, 0.2) is 11.6 Å². The highest BCUT2D eigenvalue weighted by molar-refractivity contribution is 5.62. The van der Waals surface area contributed by atoms with Crippen molar-refractivity contribution in [3.8, 4) is 5.82 Å². The Kier molecular flexibility index (Phi) is 4.35. The summed E-state index contributed by atoms with van der Waals surface area (Å²) < 4.78 is 3.91. The monoisotopic (exact) mass is 422 g/mol. The molecular formula is C23H34N8. The number of nitrogens with zero attached hydrogens (tertiary/aromatic N) is 7. The van der Waals surface area contributed by atoms with E-state index in [9.17, 15) is 0 Å². The van der Waals surface area contributed by atoms with Crippen LogP contribution in [0, 0.1) is 11.8 Å². The molecule has 2 aliphatic heterocycles. The van der Waals surface area contributed by atoms with E-state index in [4.69, 9.17) is 15.9 Å². The molecule has 1 saturated heterocycles. The molecule has 8 nitrogen and oxygen atoms in total. The molecular weight excluding hydrogens is 388 g/mol. The number of nitrogens with two attached hydrogens (primary N) is 1. The minimum absolute atomic E-state index is 0.589. The first-order chi connectivity index (χ1) is 15.0. The lowest BCUT2D eigenvalue weighted by Gasteiger charge is -2.33. The first-order valence-electron chi connectivity index (χ1n) is 11.8. The van der Waals surface area contributed by atoms with Gasteiger partial charge in [0.1, 0.15) is 5.82 Å². The average Bonchev–Trinajstić information content (AvgIpc) is 3.65. The molecule has 0 aromatic carbocycles. The van der Waals surface area contributed by atoms with E-state index in [1.54, 1.807) is 0 Å². The van der Waals surface area contributed by atoms with Crippen LogP contribution in [-0.4, -0.2) is 68.6 Å². The molecule has 2 aliphatic carbocycles. The Morgan fingerprint density at radius 1 is 1.10 bits per heavy atom. The lowest BCUT2D eigenvalue weighted by atomic mass is 10.0. The number of hydrogen-bond acceptors (Lipinski definition) is 6. The summed E-state index contributed by atoms with van der Waals surface area (Å²) in [5, 5.41) is 9.52. The molecule has 4 heterocycles. The minimum atomic E-state index is 0.589. The number of hydrogen-bond donors (Lipinski definition) is 1. The summed E-state index contributed by atoms with van der Waals surface area (Å²) in [5.41, 5.74) is 8.65. The molecule has 0 spiro atoms. The molecule has 2 aromatic heterocycles. The highest BCUT2D eigenvalue weighted by Crippen LogP contribution is 2.48. The van der Waals surface area contributed by atoms with Crippen molar-refractivity contribution >= 4 is 17.7 Å². The lowest BCUT2D eigenvalue weighted by molar-refractivity contribution is 0.215. The second-order valence-electron chi connectivity index (χ2n) is 10.2. The van der Waals surface area contributed by atoms with Gasteiger partial charge in [-0.2, -0.15) is 5.10 Å². The van der Waals surface area contributed by atoms with E-state index in [1.165, 1.54) is 32.1 Å². The van der Waals surface area contributed by atoms with Crippen molar-refractivity contribution in [1.82, 2.24) is 29.4 Å². The van der Waals surface area contributed by atoms with E-state index >= 15 is 0 Å². The van der Waals surface area contributed by atoms with Crippen molar-refractivity contribution in [2.24, 2.45) is 18.9 Å². The molecule has 4 aliphatic rings. The van der Waals surface area contributed by atoms with Gasteiger partial charge in [-0.3, -0.25) is 4.68 Å². The van der Waals surface area contributed by atoms with Gasteiger partial charge in [-0.15, -0.1) is 5.10 Å². The zero-order valence-corrected chi connectivity index (χ0v) is 18.9. The quantitative estimate of drug-likeness (QED) is 0.770. The topological polar surface area (TPSA) is 71.4 Å². The minimum Gasteiger partial charge on any atom is -0.382 e. The Hall–Kier alpha value is -2.48. The van der Waals surface area contributed by atoms with Gasteiger partial charge in [0, 0.05) is 56.6 Å². The molecule has 6 rings (SSSR count). The number of fused-ring (bicyclic) bond motifs is 1. The molecule has 0 bridgehead atoms. The summed E-state index contributed by atoms with van der Waals surface area (Å²) in [5.74, 6) is 4.37. The number of rotatable bonds is 6. The van der Waals surface area contributed by atoms with Crippen molar-refractivity contribution in [2.75, 3.05) is 37.8 Å². The highest BCUT2D eigenvalue weighted by Gasteiger charge is 2.44. The highest BCUT2D eigenvalue weighted by atomic mass is 15.4. The van der Waals surface area contributed by atoms with Gasteiger partial charge in [-0.05, 0) is 64.1 Å². The first kappa shape index (κ1) is 19.2. The standard InChI is InChI=1S/C23H34N8/c1-27(2)17-8-10-29(13-17)21-12-20(25-28(21)3)31-19-9-11-30(14-18(19)23(24)26-31)22(15-4-5-15)16-6-7-16/h9,11-12,15-17,22H,4-8,10,13-14H2,1-3H3,(H2,24,26)/t17-/m0/s1. The third kappa shape index (κ3) is 3.32. The molecule has 166 valence electrons. The second kappa shape index (κ2) is 7.02. The fraction of sp³-hybridized carbons (Fsp3) is 0.652. The Morgan fingerprint density at radius 3 is 2.48 bits per heavy atom.